The number of hydrogen-bond donors (Lipinski definition) is 2. The molecule has 1 saturated heterocycles. The monoisotopic (exact) mass is 392 g/mol. The summed E-state index contributed by atoms with van der Waals surface area (Å²) in [4.78, 5) is 12.5. The third-order valence-corrected chi connectivity index (χ3v) is 4.72. The first-order valence-electron chi connectivity index (χ1n) is 7.99. The molecule has 0 saturated carbocycles. The number of ether oxygens (including phenoxy) is 1. The van der Waals surface area contributed by atoms with Crippen LogP contribution in [0.1, 0.15) is 11.5 Å². The highest BCUT2D eigenvalue weighted by atomic mass is 79.9. The highest BCUT2D eigenvalue weighted by molar-refractivity contribution is 9.10. The summed E-state index contributed by atoms with van der Waals surface area (Å²) in [5.74, 6) is 0.962. The number of amides is 1. The largest absolute Gasteiger partial charge is 0.492 e. The van der Waals surface area contributed by atoms with E-state index in [4.69, 9.17) is 4.74 Å². The van der Waals surface area contributed by atoms with Crippen LogP contribution in [-0.4, -0.2) is 41.9 Å². The molecule has 1 aromatic heterocycles. The van der Waals surface area contributed by atoms with Crippen molar-refractivity contribution < 1.29 is 9.53 Å². The number of halogens is 1. The van der Waals surface area contributed by atoms with E-state index in [2.05, 4.69) is 31.7 Å². The van der Waals surface area contributed by atoms with Crippen molar-refractivity contribution >= 4 is 21.8 Å². The third-order valence-electron chi connectivity index (χ3n) is 4.19. The van der Waals surface area contributed by atoms with Crippen molar-refractivity contribution in [1.82, 2.24) is 20.4 Å². The molecule has 6 nitrogen and oxygen atoms in total. The van der Waals surface area contributed by atoms with Crippen LogP contribution < -0.4 is 15.4 Å². The molecule has 1 aliphatic heterocycles. The average Bonchev–Trinajstić information content (AvgIpc) is 3.21. The Hall–Kier alpha value is -1.86. The maximum atomic E-state index is 12.5. The molecule has 128 valence electrons. The number of aromatic nitrogens is 2. The van der Waals surface area contributed by atoms with Crippen molar-refractivity contribution in [3.05, 3.63) is 46.7 Å². The minimum Gasteiger partial charge on any atom is -0.492 e. The number of aryl methyl sites for hydroxylation is 1. The van der Waals surface area contributed by atoms with E-state index in [0.717, 1.165) is 22.3 Å². The minimum atomic E-state index is -0.0677. The normalized spacial score (nSPS) is 20.1. The van der Waals surface area contributed by atoms with Crippen molar-refractivity contribution in [3.63, 3.8) is 0 Å². The van der Waals surface area contributed by atoms with Crippen LogP contribution in [0.3, 0.4) is 0 Å². The summed E-state index contributed by atoms with van der Waals surface area (Å²) in [6.45, 7) is 2.44. The summed E-state index contributed by atoms with van der Waals surface area (Å²) in [7, 11) is 1.89. The zero-order chi connectivity index (χ0) is 16.9. The number of carbonyl (C=O) groups is 1. The Kier molecular flexibility index (Phi) is 5.52. The molecule has 0 spiro atoms. The van der Waals surface area contributed by atoms with Gasteiger partial charge in [-0.1, -0.05) is 15.9 Å². The standard InChI is InChI=1S/C17H21BrN4O2/c1-22-11-12(8-21-22)15-9-19-10-16(15)17(23)20-6-7-24-14-4-2-13(18)3-5-14/h2-5,8,11,15-16,19H,6-7,9-10H2,1H3,(H,20,23)/t15-,16+/m1/s1. The molecule has 0 unspecified atom stereocenters. The number of hydrogen-bond acceptors (Lipinski definition) is 4. The van der Waals surface area contributed by atoms with Crippen molar-refractivity contribution in [1.29, 1.82) is 0 Å². The summed E-state index contributed by atoms with van der Waals surface area (Å²) in [5, 5.41) is 10.5. The van der Waals surface area contributed by atoms with E-state index in [1.165, 1.54) is 0 Å². The van der Waals surface area contributed by atoms with Crippen molar-refractivity contribution in [2.75, 3.05) is 26.2 Å². The third kappa shape index (κ3) is 4.15. The maximum absolute atomic E-state index is 12.5. The molecule has 2 aromatic rings. The van der Waals surface area contributed by atoms with E-state index >= 15 is 0 Å². The Labute approximate surface area is 149 Å². The average molecular weight is 393 g/mol. The number of nitrogens with zero attached hydrogens (tertiary/aromatic N) is 2. The summed E-state index contributed by atoms with van der Waals surface area (Å²) < 4.78 is 8.41. The predicted molar refractivity (Wildman–Crippen MR) is 95.0 cm³/mol. The molecule has 1 aromatic carbocycles. The van der Waals surface area contributed by atoms with Gasteiger partial charge in [0.1, 0.15) is 12.4 Å². The lowest BCUT2D eigenvalue weighted by molar-refractivity contribution is -0.124. The molecule has 24 heavy (non-hydrogen) atoms. The Bertz CT molecular complexity index is 686. The topological polar surface area (TPSA) is 68.2 Å². The number of benzene rings is 1. The van der Waals surface area contributed by atoms with Gasteiger partial charge in [0.25, 0.3) is 0 Å². The first-order valence-corrected chi connectivity index (χ1v) is 8.78. The van der Waals surface area contributed by atoms with Crippen LogP contribution in [0, 0.1) is 5.92 Å². The highest BCUT2D eigenvalue weighted by Gasteiger charge is 2.34. The molecular formula is C17H21BrN4O2. The molecule has 2 heterocycles. The smallest absolute Gasteiger partial charge is 0.225 e. The van der Waals surface area contributed by atoms with Gasteiger partial charge in [-0.3, -0.25) is 9.48 Å². The predicted octanol–water partition coefficient (Wildman–Crippen LogP) is 1.68. The molecule has 1 amide bonds. The van der Waals surface area contributed by atoms with Gasteiger partial charge in [-0.25, -0.2) is 0 Å². The molecule has 2 atom stereocenters. The first kappa shape index (κ1) is 17.0. The van der Waals surface area contributed by atoms with Crippen molar-refractivity contribution in [3.8, 4) is 5.75 Å². The lowest BCUT2D eigenvalue weighted by Gasteiger charge is -2.17. The molecule has 0 radical (unpaired) electrons. The van der Waals surface area contributed by atoms with E-state index in [1.807, 2.05) is 43.7 Å². The molecule has 2 N–H and O–H groups in total. The van der Waals surface area contributed by atoms with Crippen LogP contribution in [0.15, 0.2) is 41.1 Å². The fourth-order valence-electron chi connectivity index (χ4n) is 2.94. The second kappa shape index (κ2) is 7.81. The zero-order valence-electron chi connectivity index (χ0n) is 13.5. The quantitative estimate of drug-likeness (QED) is 0.733. The molecule has 0 aliphatic carbocycles. The van der Waals surface area contributed by atoms with Crippen LogP contribution in [0.5, 0.6) is 5.75 Å². The van der Waals surface area contributed by atoms with E-state index in [-0.39, 0.29) is 17.7 Å². The number of carbonyl (C=O) groups excluding carboxylic acids is 1. The van der Waals surface area contributed by atoms with Gasteiger partial charge in [-0.05, 0) is 29.8 Å². The van der Waals surface area contributed by atoms with Crippen LogP contribution in [0.4, 0.5) is 0 Å². The second-order valence-corrected chi connectivity index (χ2v) is 6.83. The fraction of sp³-hybridized carbons (Fsp3) is 0.412. The molecule has 0 bridgehead atoms. The molecule has 1 aliphatic rings. The van der Waals surface area contributed by atoms with Gasteiger partial charge in [0.15, 0.2) is 0 Å². The number of nitrogens with one attached hydrogen (secondary N) is 2. The Morgan fingerprint density at radius 1 is 1.42 bits per heavy atom. The van der Waals surface area contributed by atoms with Crippen LogP contribution in [-0.2, 0) is 11.8 Å². The fourth-order valence-corrected chi connectivity index (χ4v) is 3.21. The van der Waals surface area contributed by atoms with Gasteiger partial charge in [-0.2, -0.15) is 5.10 Å². The molecule has 7 heteroatoms. The second-order valence-electron chi connectivity index (χ2n) is 5.91. The Morgan fingerprint density at radius 3 is 2.92 bits per heavy atom. The van der Waals surface area contributed by atoms with Gasteiger partial charge >= 0.3 is 0 Å². The molecule has 3 rings (SSSR count). The van der Waals surface area contributed by atoms with E-state index < -0.39 is 0 Å². The van der Waals surface area contributed by atoms with E-state index in [1.54, 1.807) is 4.68 Å². The van der Waals surface area contributed by atoms with Crippen LogP contribution in [0.2, 0.25) is 0 Å². The van der Waals surface area contributed by atoms with Gasteiger partial charge in [-0.15, -0.1) is 0 Å². The summed E-state index contributed by atoms with van der Waals surface area (Å²) in [5.41, 5.74) is 1.11. The maximum Gasteiger partial charge on any atom is 0.225 e. The first-order chi connectivity index (χ1) is 11.6. The Balaban J connectivity index is 1.46. The SMILES string of the molecule is Cn1cc([C@H]2CNC[C@@H]2C(=O)NCCOc2ccc(Br)cc2)cn1. The van der Waals surface area contributed by atoms with Gasteiger partial charge in [0.2, 0.25) is 5.91 Å². The number of rotatable bonds is 6. The van der Waals surface area contributed by atoms with Crippen molar-refractivity contribution in [2.24, 2.45) is 13.0 Å². The summed E-state index contributed by atoms with van der Waals surface area (Å²) >= 11 is 3.39. The van der Waals surface area contributed by atoms with E-state index in [9.17, 15) is 4.79 Å². The summed E-state index contributed by atoms with van der Waals surface area (Å²) in [6, 6.07) is 7.64. The highest BCUT2D eigenvalue weighted by Crippen LogP contribution is 2.27. The lowest BCUT2D eigenvalue weighted by atomic mass is 9.90. The van der Waals surface area contributed by atoms with E-state index in [0.29, 0.717) is 19.7 Å². The minimum absolute atomic E-state index is 0.0632. The Morgan fingerprint density at radius 2 is 2.21 bits per heavy atom. The molecule has 1 fully saturated rings. The van der Waals surface area contributed by atoms with Gasteiger partial charge < -0.3 is 15.4 Å². The van der Waals surface area contributed by atoms with Crippen molar-refractivity contribution in [2.45, 2.75) is 5.92 Å². The molecular weight excluding hydrogens is 372 g/mol. The van der Waals surface area contributed by atoms with Crippen LogP contribution in [0.25, 0.3) is 0 Å². The van der Waals surface area contributed by atoms with Gasteiger partial charge in [0.05, 0.1) is 18.7 Å². The van der Waals surface area contributed by atoms with Gasteiger partial charge in [0, 0.05) is 36.7 Å². The zero-order valence-corrected chi connectivity index (χ0v) is 15.1. The van der Waals surface area contributed by atoms with Crippen LogP contribution >= 0.6 is 15.9 Å². The lowest BCUT2D eigenvalue weighted by Crippen LogP contribution is -2.36. The summed E-state index contributed by atoms with van der Waals surface area (Å²) in [6.07, 6.45) is 3.82.